The van der Waals surface area contributed by atoms with E-state index < -0.39 is 0 Å². The quantitative estimate of drug-likeness (QED) is 0.360. The van der Waals surface area contributed by atoms with Gasteiger partial charge in [-0.15, -0.1) is 24.0 Å². The molecule has 140 valence electrons. The van der Waals surface area contributed by atoms with Gasteiger partial charge in [-0.1, -0.05) is 13.8 Å². The van der Waals surface area contributed by atoms with Crippen LogP contribution in [0.4, 0.5) is 5.69 Å². The van der Waals surface area contributed by atoms with Crippen molar-refractivity contribution in [1.82, 2.24) is 15.6 Å². The Morgan fingerprint density at radius 2 is 2.04 bits per heavy atom. The second-order valence-corrected chi connectivity index (χ2v) is 6.72. The van der Waals surface area contributed by atoms with Crippen molar-refractivity contribution >= 4 is 41.5 Å². The minimum atomic E-state index is -0.116. The summed E-state index contributed by atoms with van der Waals surface area (Å²) in [5.41, 5.74) is 0.694. The lowest BCUT2D eigenvalue weighted by Crippen LogP contribution is -2.47. The average molecular weight is 459 g/mol. The summed E-state index contributed by atoms with van der Waals surface area (Å²) < 4.78 is 0. The Bertz CT molecular complexity index is 542. The maximum absolute atomic E-state index is 12.0. The van der Waals surface area contributed by atoms with Crippen molar-refractivity contribution in [1.29, 1.82) is 0 Å². The van der Waals surface area contributed by atoms with Crippen molar-refractivity contribution < 1.29 is 4.79 Å². The topological polar surface area (TPSA) is 78.4 Å². The summed E-state index contributed by atoms with van der Waals surface area (Å²) in [7, 11) is 1.73. The maximum Gasteiger partial charge on any atom is 0.243 e. The number of amides is 1. The molecule has 0 aliphatic heterocycles. The average Bonchev–Trinajstić information content (AvgIpc) is 2.60. The molecule has 7 heteroatoms. The number of carbonyl (C=O) groups is 1. The van der Waals surface area contributed by atoms with Gasteiger partial charge in [-0.2, -0.15) is 0 Å². The number of carbonyl (C=O) groups excluding carboxylic acids is 1. The number of anilines is 1. The van der Waals surface area contributed by atoms with E-state index in [9.17, 15) is 4.79 Å². The van der Waals surface area contributed by atoms with Gasteiger partial charge in [0.1, 0.15) is 0 Å². The van der Waals surface area contributed by atoms with E-state index >= 15 is 0 Å². The predicted octanol–water partition coefficient (Wildman–Crippen LogP) is 3.02. The summed E-state index contributed by atoms with van der Waals surface area (Å²) in [6.07, 6.45) is 8.13. The fraction of sp³-hybridized carbons (Fsp3) is 0.611. The first kappa shape index (κ1) is 21.7. The predicted molar refractivity (Wildman–Crippen MR) is 113 cm³/mol. The third-order valence-electron chi connectivity index (χ3n) is 4.64. The molecule has 6 nitrogen and oxygen atoms in total. The number of aliphatic imine (C=N–C) groups is 1. The van der Waals surface area contributed by atoms with Gasteiger partial charge in [0.05, 0.1) is 18.4 Å². The van der Waals surface area contributed by atoms with Gasteiger partial charge in [-0.05, 0) is 49.7 Å². The third-order valence-corrected chi connectivity index (χ3v) is 4.64. The van der Waals surface area contributed by atoms with Crippen molar-refractivity contribution in [3.63, 3.8) is 0 Å². The Kier molecular flexibility index (Phi) is 9.77. The summed E-state index contributed by atoms with van der Waals surface area (Å²) >= 11 is 0. The molecule has 25 heavy (non-hydrogen) atoms. The van der Waals surface area contributed by atoms with E-state index in [1.165, 1.54) is 12.8 Å². The summed E-state index contributed by atoms with van der Waals surface area (Å²) in [6, 6.07) is 4.04. The number of nitrogens with one attached hydrogen (secondary N) is 3. The van der Waals surface area contributed by atoms with Gasteiger partial charge in [0.2, 0.25) is 5.91 Å². The number of hydrogen-bond acceptors (Lipinski definition) is 3. The molecule has 0 atom stereocenters. The highest BCUT2D eigenvalue weighted by Crippen LogP contribution is 2.29. The van der Waals surface area contributed by atoms with Crippen molar-refractivity contribution in [2.75, 3.05) is 18.9 Å². The van der Waals surface area contributed by atoms with Gasteiger partial charge in [0, 0.05) is 19.3 Å². The molecular formula is C18H30IN5O. The normalized spacial score (nSPS) is 20.6. The minimum absolute atomic E-state index is 0. The zero-order valence-electron chi connectivity index (χ0n) is 15.3. The van der Waals surface area contributed by atoms with Crippen LogP contribution in [0, 0.1) is 11.8 Å². The zero-order chi connectivity index (χ0) is 17.4. The summed E-state index contributed by atoms with van der Waals surface area (Å²) in [5.74, 6) is 2.17. The van der Waals surface area contributed by atoms with Crippen LogP contribution in [0.1, 0.15) is 39.5 Å². The fourth-order valence-electron chi connectivity index (χ4n) is 3.12. The lowest BCUT2D eigenvalue weighted by Gasteiger charge is -2.32. The Morgan fingerprint density at radius 1 is 1.32 bits per heavy atom. The Labute approximate surface area is 167 Å². The number of guanidine groups is 1. The minimum Gasteiger partial charge on any atom is -0.354 e. The summed E-state index contributed by atoms with van der Waals surface area (Å²) in [5, 5.41) is 9.30. The van der Waals surface area contributed by atoms with Gasteiger partial charge in [0.15, 0.2) is 5.96 Å². The molecule has 0 spiro atoms. The van der Waals surface area contributed by atoms with E-state index in [1.54, 1.807) is 25.5 Å². The molecule has 1 aromatic heterocycles. The summed E-state index contributed by atoms with van der Waals surface area (Å²) in [4.78, 5) is 20.1. The number of nitrogens with zero attached hydrogens (tertiary/aromatic N) is 2. The first-order valence-corrected chi connectivity index (χ1v) is 8.75. The molecule has 0 saturated heterocycles. The fourth-order valence-corrected chi connectivity index (χ4v) is 3.12. The van der Waals surface area contributed by atoms with E-state index in [1.807, 2.05) is 6.07 Å². The molecule has 0 unspecified atom stereocenters. The molecule has 1 amide bonds. The van der Waals surface area contributed by atoms with Crippen LogP contribution in [0.5, 0.6) is 0 Å². The van der Waals surface area contributed by atoms with Crippen molar-refractivity contribution in [2.24, 2.45) is 16.8 Å². The SMILES string of the molecule is CN=C(NCC(=O)Nc1cccnc1)NC1CCC(C(C)C)CC1.I. The first-order chi connectivity index (χ1) is 11.6. The third kappa shape index (κ3) is 7.58. The maximum atomic E-state index is 12.0. The molecular weight excluding hydrogens is 429 g/mol. The second-order valence-electron chi connectivity index (χ2n) is 6.72. The molecule has 1 heterocycles. The molecule has 1 aliphatic carbocycles. The van der Waals surface area contributed by atoms with Crippen molar-refractivity contribution in [3.05, 3.63) is 24.5 Å². The standard InChI is InChI=1S/C18H29N5O.HI/c1-13(2)14-6-8-15(9-7-14)23-18(19-3)21-12-17(24)22-16-5-4-10-20-11-16;/h4-5,10-11,13-15H,6-9,12H2,1-3H3,(H,22,24)(H2,19,21,23);1H. The second kappa shape index (κ2) is 11.3. The van der Waals surface area contributed by atoms with E-state index in [0.717, 1.165) is 24.7 Å². The zero-order valence-corrected chi connectivity index (χ0v) is 17.6. The molecule has 0 aromatic carbocycles. The van der Waals surface area contributed by atoms with Crippen LogP contribution >= 0.6 is 24.0 Å². The van der Waals surface area contributed by atoms with Crippen LogP contribution in [-0.4, -0.2) is 36.5 Å². The molecule has 1 saturated carbocycles. The van der Waals surface area contributed by atoms with Crippen LogP contribution < -0.4 is 16.0 Å². The van der Waals surface area contributed by atoms with Crippen LogP contribution in [0.2, 0.25) is 0 Å². The number of hydrogen-bond donors (Lipinski definition) is 3. The van der Waals surface area contributed by atoms with Crippen LogP contribution in [0.25, 0.3) is 0 Å². The highest BCUT2D eigenvalue weighted by molar-refractivity contribution is 14.0. The Morgan fingerprint density at radius 3 is 2.60 bits per heavy atom. The highest BCUT2D eigenvalue weighted by atomic mass is 127. The lowest BCUT2D eigenvalue weighted by molar-refractivity contribution is -0.115. The van der Waals surface area contributed by atoms with Gasteiger partial charge in [-0.25, -0.2) is 0 Å². The first-order valence-electron chi connectivity index (χ1n) is 8.75. The molecule has 2 rings (SSSR count). The van der Waals surface area contributed by atoms with Gasteiger partial charge in [0.25, 0.3) is 0 Å². The monoisotopic (exact) mass is 459 g/mol. The lowest BCUT2D eigenvalue weighted by atomic mass is 9.80. The van der Waals surface area contributed by atoms with E-state index in [4.69, 9.17) is 0 Å². The van der Waals surface area contributed by atoms with Crippen LogP contribution in [-0.2, 0) is 4.79 Å². The van der Waals surface area contributed by atoms with E-state index in [-0.39, 0.29) is 36.4 Å². The number of rotatable bonds is 5. The summed E-state index contributed by atoms with van der Waals surface area (Å²) in [6.45, 7) is 4.79. The molecule has 1 aliphatic rings. The number of halogens is 1. The molecule has 1 aromatic rings. The van der Waals surface area contributed by atoms with Gasteiger partial charge in [-0.3, -0.25) is 14.8 Å². The largest absolute Gasteiger partial charge is 0.354 e. The van der Waals surface area contributed by atoms with Gasteiger partial charge >= 0.3 is 0 Å². The van der Waals surface area contributed by atoms with E-state index in [0.29, 0.717) is 17.7 Å². The van der Waals surface area contributed by atoms with Gasteiger partial charge < -0.3 is 16.0 Å². The Hall–Kier alpha value is -1.38. The number of aromatic nitrogens is 1. The smallest absolute Gasteiger partial charge is 0.243 e. The van der Waals surface area contributed by atoms with Crippen molar-refractivity contribution in [2.45, 2.75) is 45.6 Å². The number of pyridine rings is 1. The molecule has 0 bridgehead atoms. The highest BCUT2D eigenvalue weighted by Gasteiger charge is 2.23. The molecule has 3 N–H and O–H groups in total. The van der Waals surface area contributed by atoms with Crippen LogP contribution in [0.3, 0.4) is 0 Å². The molecule has 1 fully saturated rings. The van der Waals surface area contributed by atoms with Crippen molar-refractivity contribution in [3.8, 4) is 0 Å². The Balaban J connectivity index is 0.00000312. The molecule has 0 radical (unpaired) electrons. The van der Waals surface area contributed by atoms with Crippen LogP contribution in [0.15, 0.2) is 29.5 Å². The van der Waals surface area contributed by atoms with E-state index in [2.05, 4.69) is 39.8 Å².